The zero-order chi connectivity index (χ0) is 19.8. The van der Waals surface area contributed by atoms with Gasteiger partial charge in [-0.05, 0) is 55.8 Å². The molecule has 1 aliphatic rings. The van der Waals surface area contributed by atoms with E-state index in [0.717, 1.165) is 11.3 Å². The number of aromatic nitrogens is 2. The van der Waals surface area contributed by atoms with E-state index in [1.165, 1.54) is 12.1 Å². The van der Waals surface area contributed by atoms with Crippen LogP contribution in [0, 0.1) is 12.7 Å². The molecule has 28 heavy (non-hydrogen) atoms. The van der Waals surface area contributed by atoms with E-state index >= 15 is 0 Å². The van der Waals surface area contributed by atoms with Crippen molar-refractivity contribution in [3.05, 3.63) is 82.4 Å². The molecule has 3 aromatic rings. The number of amides is 1. The van der Waals surface area contributed by atoms with Crippen LogP contribution in [0.2, 0.25) is 0 Å². The molecule has 0 saturated carbocycles. The summed E-state index contributed by atoms with van der Waals surface area (Å²) >= 11 is 0. The van der Waals surface area contributed by atoms with Crippen LogP contribution < -0.4 is 4.90 Å². The summed E-state index contributed by atoms with van der Waals surface area (Å²) in [5.74, 6) is -1.08. The molecule has 6 nitrogen and oxygen atoms in total. The summed E-state index contributed by atoms with van der Waals surface area (Å²) in [5.41, 5.74) is 3.43. The van der Waals surface area contributed by atoms with Crippen LogP contribution in [0.5, 0.6) is 0 Å². The minimum Gasteiger partial charge on any atom is -0.462 e. The molecule has 0 bridgehead atoms. The molecule has 0 aliphatic carbocycles. The molecule has 7 heteroatoms. The number of aryl methyl sites for hydroxylation is 1. The van der Waals surface area contributed by atoms with Gasteiger partial charge >= 0.3 is 5.97 Å². The predicted octanol–water partition coefficient (Wildman–Crippen LogP) is 3.78. The lowest BCUT2D eigenvalue weighted by molar-refractivity contribution is 0.0526. The highest BCUT2D eigenvalue weighted by atomic mass is 19.1. The first-order chi connectivity index (χ1) is 13.5. The maximum Gasteiger partial charge on any atom is 0.338 e. The number of anilines is 1. The monoisotopic (exact) mass is 379 g/mol. The van der Waals surface area contributed by atoms with Gasteiger partial charge in [-0.1, -0.05) is 12.1 Å². The number of aromatic amines is 1. The average molecular weight is 379 g/mol. The Hall–Kier alpha value is -3.48. The Bertz CT molecular complexity index is 1060. The third-order valence-corrected chi connectivity index (χ3v) is 4.77. The van der Waals surface area contributed by atoms with Crippen molar-refractivity contribution in [3.8, 4) is 0 Å². The van der Waals surface area contributed by atoms with Crippen LogP contribution in [0.1, 0.15) is 50.6 Å². The highest BCUT2D eigenvalue weighted by molar-refractivity contribution is 6.10. The maximum absolute atomic E-state index is 13.9. The van der Waals surface area contributed by atoms with Crippen molar-refractivity contribution in [2.24, 2.45) is 0 Å². The number of hydrogen-bond acceptors (Lipinski definition) is 4. The fourth-order valence-corrected chi connectivity index (χ4v) is 3.53. The first-order valence-electron chi connectivity index (χ1n) is 8.92. The third-order valence-electron chi connectivity index (χ3n) is 4.77. The number of esters is 1. The van der Waals surface area contributed by atoms with Crippen LogP contribution in [0.25, 0.3) is 0 Å². The third kappa shape index (κ3) is 2.85. The van der Waals surface area contributed by atoms with Crippen LogP contribution in [0.4, 0.5) is 10.1 Å². The molecule has 0 saturated heterocycles. The first kappa shape index (κ1) is 17.9. The van der Waals surface area contributed by atoms with Gasteiger partial charge in [0.2, 0.25) is 0 Å². The van der Waals surface area contributed by atoms with Crippen molar-refractivity contribution in [2.75, 3.05) is 11.5 Å². The van der Waals surface area contributed by atoms with Gasteiger partial charge in [0.1, 0.15) is 5.82 Å². The van der Waals surface area contributed by atoms with Crippen LogP contribution in [0.3, 0.4) is 0 Å². The Balaban J connectivity index is 1.79. The molecule has 1 aromatic heterocycles. The van der Waals surface area contributed by atoms with E-state index in [1.807, 2.05) is 6.92 Å². The van der Waals surface area contributed by atoms with E-state index in [9.17, 15) is 14.0 Å². The number of benzene rings is 2. The summed E-state index contributed by atoms with van der Waals surface area (Å²) in [6.07, 6.45) is 0. The number of H-pyrrole nitrogens is 1. The van der Waals surface area contributed by atoms with E-state index < -0.39 is 12.0 Å². The molecule has 4 rings (SSSR count). The summed E-state index contributed by atoms with van der Waals surface area (Å²) in [7, 11) is 0. The van der Waals surface area contributed by atoms with Crippen molar-refractivity contribution < 1.29 is 18.7 Å². The fourth-order valence-electron chi connectivity index (χ4n) is 3.53. The number of carbonyl (C=O) groups excluding carboxylic acids is 2. The van der Waals surface area contributed by atoms with Gasteiger partial charge in [-0.3, -0.25) is 14.8 Å². The predicted molar refractivity (Wildman–Crippen MR) is 101 cm³/mol. The lowest BCUT2D eigenvalue weighted by atomic mass is 9.98. The number of hydrogen-bond donors (Lipinski definition) is 1. The van der Waals surface area contributed by atoms with E-state index in [2.05, 4.69) is 10.2 Å². The highest BCUT2D eigenvalue weighted by Gasteiger charge is 2.42. The zero-order valence-electron chi connectivity index (χ0n) is 15.4. The number of halogens is 1. The van der Waals surface area contributed by atoms with Crippen LogP contribution in [0.15, 0.2) is 48.5 Å². The quantitative estimate of drug-likeness (QED) is 0.700. The zero-order valence-corrected chi connectivity index (χ0v) is 15.4. The lowest BCUT2D eigenvalue weighted by Gasteiger charge is -2.26. The van der Waals surface area contributed by atoms with Crippen molar-refractivity contribution >= 4 is 17.6 Å². The molecular weight excluding hydrogens is 361 g/mol. The minimum absolute atomic E-state index is 0.280. The molecule has 1 unspecified atom stereocenters. The van der Waals surface area contributed by atoms with E-state index in [-0.39, 0.29) is 18.3 Å². The van der Waals surface area contributed by atoms with Crippen molar-refractivity contribution in [1.82, 2.24) is 10.2 Å². The Kier molecular flexibility index (Phi) is 4.43. The highest BCUT2D eigenvalue weighted by Crippen LogP contribution is 2.42. The van der Waals surface area contributed by atoms with E-state index in [0.29, 0.717) is 22.5 Å². The van der Waals surface area contributed by atoms with E-state index in [4.69, 9.17) is 4.74 Å². The summed E-state index contributed by atoms with van der Waals surface area (Å²) in [6.45, 7) is 3.86. The second-order valence-corrected chi connectivity index (χ2v) is 6.51. The number of fused-ring (bicyclic) bond motifs is 1. The molecule has 1 aliphatic heterocycles. The number of nitrogens with zero attached hydrogens (tertiary/aromatic N) is 2. The molecule has 2 heterocycles. The van der Waals surface area contributed by atoms with Crippen LogP contribution in [-0.4, -0.2) is 28.7 Å². The minimum atomic E-state index is -0.509. The van der Waals surface area contributed by atoms with E-state index in [1.54, 1.807) is 48.2 Å². The van der Waals surface area contributed by atoms with Gasteiger partial charge in [-0.15, -0.1) is 0 Å². The molecule has 142 valence electrons. The SMILES string of the molecule is CCOC(=O)c1ccc(N2C(=O)c3n[nH]c(C)c3C2c2cccc(F)c2)cc1. The van der Waals surface area contributed by atoms with Crippen LogP contribution >= 0.6 is 0 Å². The number of carbonyl (C=O) groups is 2. The van der Waals surface area contributed by atoms with Crippen molar-refractivity contribution in [1.29, 1.82) is 0 Å². The molecule has 1 amide bonds. The van der Waals surface area contributed by atoms with Crippen molar-refractivity contribution in [3.63, 3.8) is 0 Å². The Labute approximate surface area is 160 Å². The Morgan fingerprint density at radius 2 is 2.00 bits per heavy atom. The molecule has 2 aromatic carbocycles. The smallest absolute Gasteiger partial charge is 0.338 e. The van der Waals surface area contributed by atoms with Gasteiger partial charge in [0.25, 0.3) is 5.91 Å². The lowest BCUT2D eigenvalue weighted by Crippen LogP contribution is -2.29. The van der Waals surface area contributed by atoms with Crippen molar-refractivity contribution in [2.45, 2.75) is 19.9 Å². The summed E-state index contributed by atoms with van der Waals surface area (Å²) < 4.78 is 18.9. The van der Waals surface area contributed by atoms with Crippen LogP contribution in [-0.2, 0) is 4.74 Å². The summed E-state index contributed by atoms with van der Waals surface area (Å²) in [4.78, 5) is 26.5. The van der Waals surface area contributed by atoms with Gasteiger partial charge in [-0.25, -0.2) is 9.18 Å². The van der Waals surface area contributed by atoms with Gasteiger partial charge in [0.15, 0.2) is 5.69 Å². The Morgan fingerprint density at radius 3 is 2.68 bits per heavy atom. The Morgan fingerprint density at radius 1 is 1.25 bits per heavy atom. The molecule has 0 spiro atoms. The van der Waals surface area contributed by atoms with Gasteiger partial charge in [0.05, 0.1) is 18.2 Å². The average Bonchev–Trinajstić information content (AvgIpc) is 3.20. The largest absolute Gasteiger partial charge is 0.462 e. The molecule has 1 N–H and O–H groups in total. The second-order valence-electron chi connectivity index (χ2n) is 6.51. The van der Waals surface area contributed by atoms with Gasteiger partial charge in [-0.2, -0.15) is 5.10 Å². The topological polar surface area (TPSA) is 75.3 Å². The first-order valence-corrected chi connectivity index (χ1v) is 8.92. The van der Waals surface area contributed by atoms with Gasteiger partial charge < -0.3 is 4.74 Å². The molecule has 0 radical (unpaired) electrons. The number of nitrogens with one attached hydrogen (secondary N) is 1. The molecule has 0 fully saturated rings. The number of rotatable bonds is 4. The standard InChI is InChI=1S/C21H18FN3O3/c1-3-28-21(27)13-7-9-16(10-8-13)25-19(14-5-4-6-15(22)11-14)17-12(2)23-24-18(17)20(25)26/h4-11,19H,3H2,1-2H3,(H,23,24). The fraction of sp³-hybridized carbons (Fsp3) is 0.190. The second kappa shape index (κ2) is 6.92. The molecular formula is C21H18FN3O3. The normalized spacial score (nSPS) is 15.6. The maximum atomic E-state index is 13.9. The summed E-state index contributed by atoms with van der Waals surface area (Å²) in [5, 5.41) is 6.98. The summed E-state index contributed by atoms with van der Waals surface area (Å²) in [6, 6.07) is 12.2. The van der Waals surface area contributed by atoms with Gasteiger partial charge in [0, 0.05) is 16.9 Å². The number of ether oxygens (including phenoxy) is 1. The molecule has 1 atom stereocenters.